The third-order valence-electron chi connectivity index (χ3n) is 2.45. The van der Waals surface area contributed by atoms with Crippen LogP contribution in [0.5, 0.6) is 0 Å². The van der Waals surface area contributed by atoms with Crippen molar-refractivity contribution in [2.45, 2.75) is 18.7 Å². The zero-order chi connectivity index (χ0) is 14.1. The molecule has 0 unspecified atom stereocenters. The van der Waals surface area contributed by atoms with Gasteiger partial charge in [-0.05, 0) is 26.0 Å². The highest BCUT2D eigenvalue weighted by Gasteiger charge is 2.09. The van der Waals surface area contributed by atoms with Gasteiger partial charge in [0, 0.05) is 24.3 Å². The molecule has 1 aromatic carbocycles. The average molecular weight is 279 g/mol. The first kappa shape index (κ1) is 15.8. The molecule has 1 N–H and O–H groups in total. The summed E-state index contributed by atoms with van der Waals surface area (Å²) in [5.74, 6) is 0.836. The number of hydrogen-bond donors (Lipinski definition) is 1. The number of methoxy groups -OCH3 is 1. The number of rotatable bonds is 7. The van der Waals surface area contributed by atoms with Crippen LogP contribution in [0.2, 0.25) is 0 Å². The summed E-state index contributed by atoms with van der Waals surface area (Å²) in [6, 6.07) is 7.68. The van der Waals surface area contributed by atoms with E-state index in [1.54, 1.807) is 18.9 Å². The van der Waals surface area contributed by atoms with Crippen LogP contribution in [0.25, 0.3) is 0 Å². The summed E-state index contributed by atoms with van der Waals surface area (Å²) >= 11 is 1.67. The number of carbonyl (C=O) groups is 1. The van der Waals surface area contributed by atoms with Gasteiger partial charge in [0.15, 0.2) is 0 Å². The molecule has 0 spiro atoms. The molecule has 0 saturated carbocycles. The van der Waals surface area contributed by atoms with Crippen molar-refractivity contribution in [3.8, 4) is 0 Å². The molecule has 1 aromatic rings. The van der Waals surface area contributed by atoms with Crippen molar-refractivity contribution in [1.82, 2.24) is 5.32 Å². The molecule has 1 rings (SSSR count). The van der Waals surface area contributed by atoms with Crippen LogP contribution in [-0.2, 0) is 4.74 Å². The molecule has 104 valence electrons. The Morgan fingerprint density at radius 1 is 1.37 bits per heavy atom. The monoisotopic (exact) mass is 279 g/mol. The summed E-state index contributed by atoms with van der Waals surface area (Å²) in [7, 11) is 1.62. The maximum atomic E-state index is 12.0. The molecular weight excluding hydrogens is 258 g/mol. The molecule has 0 bridgehead atoms. The molecule has 0 aromatic heterocycles. The van der Waals surface area contributed by atoms with Gasteiger partial charge >= 0.3 is 0 Å². The van der Waals surface area contributed by atoms with E-state index in [2.05, 4.69) is 25.2 Å². The molecule has 0 aliphatic rings. The fourth-order valence-corrected chi connectivity index (χ4v) is 2.53. The van der Waals surface area contributed by atoms with E-state index in [0.717, 1.165) is 16.2 Å². The van der Waals surface area contributed by atoms with Crippen LogP contribution in [0, 0.1) is 0 Å². The summed E-state index contributed by atoms with van der Waals surface area (Å²) in [5.41, 5.74) is 2.01. The Labute approximate surface area is 119 Å². The standard InChI is InChI=1S/C15H21NO2S/c1-12(2)8-11-19-14-7-5-4-6-13(14)15(17)16-9-10-18-3/h4-8H,9-11H2,1-3H3,(H,16,17). The minimum atomic E-state index is -0.0441. The number of nitrogens with one attached hydrogen (secondary N) is 1. The minimum Gasteiger partial charge on any atom is -0.383 e. The topological polar surface area (TPSA) is 38.3 Å². The molecule has 0 aliphatic heterocycles. The lowest BCUT2D eigenvalue weighted by atomic mass is 10.2. The van der Waals surface area contributed by atoms with Crippen LogP contribution in [0.4, 0.5) is 0 Å². The predicted octanol–water partition coefficient (Wildman–Crippen LogP) is 3.12. The van der Waals surface area contributed by atoms with Gasteiger partial charge in [-0.3, -0.25) is 4.79 Å². The van der Waals surface area contributed by atoms with E-state index >= 15 is 0 Å². The first-order valence-electron chi connectivity index (χ1n) is 6.27. The SMILES string of the molecule is COCCNC(=O)c1ccccc1SCC=C(C)C. The van der Waals surface area contributed by atoms with E-state index in [1.165, 1.54) is 5.57 Å². The normalized spacial score (nSPS) is 10.1. The Morgan fingerprint density at radius 2 is 2.11 bits per heavy atom. The maximum absolute atomic E-state index is 12.0. The van der Waals surface area contributed by atoms with E-state index in [1.807, 2.05) is 24.3 Å². The highest BCUT2D eigenvalue weighted by atomic mass is 32.2. The van der Waals surface area contributed by atoms with Crippen LogP contribution in [0.15, 0.2) is 40.8 Å². The van der Waals surface area contributed by atoms with E-state index in [9.17, 15) is 4.79 Å². The Bertz CT molecular complexity index is 440. The van der Waals surface area contributed by atoms with E-state index in [4.69, 9.17) is 4.74 Å². The molecule has 0 fully saturated rings. The number of ether oxygens (including phenoxy) is 1. The fraction of sp³-hybridized carbons (Fsp3) is 0.400. The summed E-state index contributed by atoms with van der Waals surface area (Å²) in [6.07, 6.45) is 2.16. The Kier molecular flexibility index (Phi) is 7.30. The average Bonchev–Trinajstić information content (AvgIpc) is 2.39. The molecule has 4 heteroatoms. The summed E-state index contributed by atoms with van der Waals surface area (Å²) < 4.78 is 4.92. The first-order chi connectivity index (χ1) is 9.15. The second-order valence-corrected chi connectivity index (χ2v) is 5.40. The van der Waals surface area contributed by atoms with Crippen LogP contribution in [0.3, 0.4) is 0 Å². The number of benzene rings is 1. The van der Waals surface area contributed by atoms with Crippen LogP contribution < -0.4 is 5.32 Å². The lowest BCUT2D eigenvalue weighted by molar-refractivity contribution is 0.0934. The van der Waals surface area contributed by atoms with Crippen LogP contribution in [0.1, 0.15) is 24.2 Å². The maximum Gasteiger partial charge on any atom is 0.252 e. The predicted molar refractivity (Wildman–Crippen MR) is 80.8 cm³/mol. The van der Waals surface area contributed by atoms with Crippen molar-refractivity contribution in [3.63, 3.8) is 0 Å². The third kappa shape index (κ3) is 5.94. The minimum absolute atomic E-state index is 0.0441. The van der Waals surface area contributed by atoms with E-state index < -0.39 is 0 Å². The molecule has 0 radical (unpaired) electrons. The quantitative estimate of drug-likeness (QED) is 0.473. The van der Waals surface area contributed by atoms with Crippen molar-refractivity contribution in [2.75, 3.05) is 26.0 Å². The molecular formula is C15H21NO2S. The van der Waals surface area contributed by atoms with Gasteiger partial charge < -0.3 is 10.1 Å². The Balaban J connectivity index is 2.66. The molecule has 3 nitrogen and oxygen atoms in total. The van der Waals surface area contributed by atoms with Gasteiger partial charge in [-0.1, -0.05) is 23.8 Å². The molecule has 0 saturated heterocycles. The highest BCUT2D eigenvalue weighted by molar-refractivity contribution is 7.99. The number of carbonyl (C=O) groups excluding carboxylic acids is 1. The van der Waals surface area contributed by atoms with Gasteiger partial charge in [0.05, 0.1) is 12.2 Å². The molecule has 1 amide bonds. The molecule has 0 heterocycles. The number of amides is 1. The smallest absolute Gasteiger partial charge is 0.252 e. The van der Waals surface area contributed by atoms with Crippen molar-refractivity contribution in [1.29, 1.82) is 0 Å². The van der Waals surface area contributed by atoms with Gasteiger partial charge in [-0.15, -0.1) is 11.8 Å². The third-order valence-corrected chi connectivity index (χ3v) is 3.45. The Morgan fingerprint density at radius 3 is 2.79 bits per heavy atom. The van der Waals surface area contributed by atoms with Crippen LogP contribution >= 0.6 is 11.8 Å². The van der Waals surface area contributed by atoms with Crippen LogP contribution in [-0.4, -0.2) is 31.9 Å². The second kappa shape index (κ2) is 8.77. The second-order valence-electron chi connectivity index (χ2n) is 4.34. The summed E-state index contributed by atoms with van der Waals surface area (Å²) in [5, 5.41) is 2.85. The molecule has 0 aliphatic carbocycles. The van der Waals surface area contributed by atoms with Gasteiger partial charge in [-0.2, -0.15) is 0 Å². The first-order valence-corrected chi connectivity index (χ1v) is 7.26. The molecule has 19 heavy (non-hydrogen) atoms. The van der Waals surface area contributed by atoms with Gasteiger partial charge in [0.1, 0.15) is 0 Å². The van der Waals surface area contributed by atoms with Gasteiger partial charge in [0.25, 0.3) is 5.91 Å². The van der Waals surface area contributed by atoms with Crippen molar-refractivity contribution < 1.29 is 9.53 Å². The number of allylic oxidation sites excluding steroid dienone is 1. The zero-order valence-electron chi connectivity index (χ0n) is 11.7. The van der Waals surface area contributed by atoms with Crippen molar-refractivity contribution in [2.24, 2.45) is 0 Å². The number of hydrogen-bond acceptors (Lipinski definition) is 3. The number of thioether (sulfide) groups is 1. The van der Waals surface area contributed by atoms with Gasteiger partial charge in [0.2, 0.25) is 0 Å². The van der Waals surface area contributed by atoms with Crippen molar-refractivity contribution in [3.05, 3.63) is 41.5 Å². The zero-order valence-corrected chi connectivity index (χ0v) is 12.5. The summed E-state index contributed by atoms with van der Waals surface area (Å²) in [4.78, 5) is 13.1. The van der Waals surface area contributed by atoms with E-state index in [0.29, 0.717) is 13.2 Å². The summed E-state index contributed by atoms with van der Waals surface area (Å²) in [6.45, 7) is 5.20. The lowest BCUT2D eigenvalue weighted by Gasteiger charge is -2.09. The molecule has 0 atom stereocenters. The highest BCUT2D eigenvalue weighted by Crippen LogP contribution is 2.23. The fourth-order valence-electron chi connectivity index (χ4n) is 1.44. The Hall–Kier alpha value is -1.26. The van der Waals surface area contributed by atoms with E-state index in [-0.39, 0.29) is 5.91 Å². The lowest BCUT2D eigenvalue weighted by Crippen LogP contribution is -2.27. The largest absolute Gasteiger partial charge is 0.383 e. The van der Waals surface area contributed by atoms with Gasteiger partial charge in [-0.25, -0.2) is 0 Å². The van der Waals surface area contributed by atoms with Crippen molar-refractivity contribution >= 4 is 17.7 Å².